The van der Waals surface area contributed by atoms with Gasteiger partial charge in [0.2, 0.25) is 0 Å². The molecule has 1 aromatic heterocycles. The Bertz CT molecular complexity index is 451. The number of carboxylic acids is 1. The molecule has 7 nitrogen and oxygen atoms in total. The molecule has 0 saturated heterocycles. The Morgan fingerprint density at radius 3 is 2.87 bits per heavy atom. The molecule has 0 aliphatic rings. The maximum atomic E-state index is 11.5. The van der Waals surface area contributed by atoms with E-state index in [0.29, 0.717) is 6.54 Å². The lowest BCUT2D eigenvalue weighted by molar-refractivity contribution is -0.135. The lowest BCUT2D eigenvalue weighted by Gasteiger charge is -2.05. The van der Waals surface area contributed by atoms with Crippen LogP contribution in [0.5, 0.6) is 0 Å². The van der Waals surface area contributed by atoms with Crippen molar-refractivity contribution in [2.24, 2.45) is 0 Å². The van der Waals surface area contributed by atoms with E-state index in [9.17, 15) is 13.2 Å². The predicted molar refractivity (Wildman–Crippen MR) is 50.7 cm³/mol. The second-order valence-electron chi connectivity index (χ2n) is 2.70. The largest absolute Gasteiger partial charge is 0.480 e. The second kappa shape index (κ2) is 4.41. The van der Waals surface area contributed by atoms with Gasteiger partial charge in [0, 0.05) is 6.54 Å². The lowest BCUT2D eigenvalue weighted by atomic mass is 10.7. The molecule has 0 aliphatic carbocycles. The van der Waals surface area contributed by atoms with Crippen molar-refractivity contribution >= 4 is 16.0 Å². The molecule has 0 amide bonds. The van der Waals surface area contributed by atoms with Gasteiger partial charge in [-0.25, -0.2) is 8.42 Å². The third-order valence-corrected chi connectivity index (χ3v) is 3.09. The first-order chi connectivity index (χ1) is 6.97. The first-order valence-corrected chi connectivity index (χ1v) is 5.69. The number of hydrogen-bond acceptors (Lipinski definition) is 4. The number of carboxylic acid groups (broad SMARTS) is 1. The Hall–Kier alpha value is -1.41. The highest BCUT2D eigenvalue weighted by Gasteiger charge is 2.19. The van der Waals surface area contributed by atoms with Crippen LogP contribution in [0.25, 0.3) is 0 Å². The van der Waals surface area contributed by atoms with E-state index >= 15 is 0 Å². The molecule has 1 rings (SSSR count). The molecule has 0 aliphatic heterocycles. The van der Waals surface area contributed by atoms with Crippen molar-refractivity contribution in [2.45, 2.75) is 18.5 Å². The maximum Gasteiger partial charge on any atom is 0.318 e. The zero-order valence-corrected chi connectivity index (χ0v) is 8.86. The van der Waals surface area contributed by atoms with Crippen molar-refractivity contribution in [2.75, 3.05) is 6.54 Å². The smallest absolute Gasteiger partial charge is 0.318 e. The summed E-state index contributed by atoms with van der Waals surface area (Å²) in [5.41, 5.74) is 0. The highest BCUT2D eigenvalue weighted by Crippen LogP contribution is 2.06. The van der Waals surface area contributed by atoms with Crippen molar-refractivity contribution in [3.8, 4) is 0 Å². The fourth-order valence-corrected chi connectivity index (χ4v) is 2.17. The molecule has 0 atom stereocenters. The van der Waals surface area contributed by atoms with E-state index in [0.717, 1.165) is 0 Å². The van der Waals surface area contributed by atoms with Gasteiger partial charge in [-0.3, -0.25) is 9.48 Å². The Kier molecular flexibility index (Phi) is 3.43. The van der Waals surface area contributed by atoms with Crippen molar-refractivity contribution < 1.29 is 18.3 Å². The summed E-state index contributed by atoms with van der Waals surface area (Å²) in [7, 11) is -3.79. The molecule has 8 heteroatoms. The average molecular weight is 233 g/mol. The van der Waals surface area contributed by atoms with Gasteiger partial charge in [0.25, 0.3) is 10.0 Å². The minimum atomic E-state index is -3.79. The van der Waals surface area contributed by atoms with Gasteiger partial charge < -0.3 is 5.11 Å². The number of hydrogen-bond donors (Lipinski definition) is 2. The molecule has 0 aromatic carbocycles. The molecule has 2 N–H and O–H groups in total. The normalized spacial score (nSPS) is 11.5. The summed E-state index contributed by atoms with van der Waals surface area (Å²) in [5.74, 6) is -1.24. The zero-order valence-electron chi connectivity index (χ0n) is 8.04. The number of sulfonamides is 1. The highest BCUT2D eigenvalue weighted by atomic mass is 32.2. The Labute approximate surface area is 86.8 Å². The fourth-order valence-electron chi connectivity index (χ4n) is 1.02. The number of carbonyl (C=O) groups is 1. The van der Waals surface area contributed by atoms with Crippen LogP contribution in [0.4, 0.5) is 0 Å². The van der Waals surface area contributed by atoms with Crippen LogP contribution in [0.1, 0.15) is 6.92 Å². The Morgan fingerprint density at radius 1 is 1.67 bits per heavy atom. The van der Waals surface area contributed by atoms with Crippen LogP contribution >= 0.6 is 0 Å². The van der Waals surface area contributed by atoms with E-state index < -0.39 is 22.5 Å². The van der Waals surface area contributed by atoms with Crippen molar-refractivity contribution in [1.82, 2.24) is 14.5 Å². The predicted octanol–water partition coefficient (Wildman–Crippen LogP) is -0.734. The summed E-state index contributed by atoms with van der Waals surface area (Å²) in [6, 6.07) is 1.31. The first-order valence-electron chi connectivity index (χ1n) is 4.20. The van der Waals surface area contributed by atoms with E-state index in [1.54, 1.807) is 6.92 Å². The topological polar surface area (TPSA) is 101 Å². The van der Waals surface area contributed by atoms with Gasteiger partial charge in [-0.05, 0) is 13.0 Å². The SMILES string of the molecule is CCn1nccc1S(=O)(=O)NCC(=O)O. The lowest BCUT2D eigenvalue weighted by Crippen LogP contribution is -2.31. The van der Waals surface area contributed by atoms with Crippen LogP contribution in [-0.2, 0) is 21.4 Å². The summed E-state index contributed by atoms with van der Waals surface area (Å²) in [6.07, 6.45) is 1.35. The average Bonchev–Trinajstić information content (AvgIpc) is 2.63. The molecule has 0 radical (unpaired) electrons. The van der Waals surface area contributed by atoms with Crippen molar-refractivity contribution in [3.05, 3.63) is 12.3 Å². The Balaban J connectivity index is 2.91. The molecule has 0 fully saturated rings. The van der Waals surface area contributed by atoms with Crippen LogP contribution in [0, 0.1) is 0 Å². The molecule has 1 heterocycles. The van der Waals surface area contributed by atoms with Crippen LogP contribution in [0.3, 0.4) is 0 Å². The van der Waals surface area contributed by atoms with Crippen molar-refractivity contribution in [3.63, 3.8) is 0 Å². The number of aliphatic carboxylic acids is 1. The summed E-state index contributed by atoms with van der Waals surface area (Å²) in [4.78, 5) is 10.2. The van der Waals surface area contributed by atoms with E-state index in [1.807, 2.05) is 4.72 Å². The molecule has 0 saturated carbocycles. The van der Waals surface area contributed by atoms with Crippen LogP contribution in [0.15, 0.2) is 17.3 Å². The van der Waals surface area contributed by atoms with Crippen LogP contribution < -0.4 is 4.72 Å². The van der Waals surface area contributed by atoms with Gasteiger partial charge >= 0.3 is 5.97 Å². The third-order valence-electron chi connectivity index (χ3n) is 1.67. The van der Waals surface area contributed by atoms with Gasteiger partial charge in [-0.2, -0.15) is 9.82 Å². The Morgan fingerprint density at radius 2 is 2.33 bits per heavy atom. The van der Waals surface area contributed by atoms with Crippen LogP contribution in [0.2, 0.25) is 0 Å². The standard InChI is InChI=1S/C7H11N3O4S/c1-2-10-6(3-4-8-10)15(13,14)9-5-7(11)12/h3-4,9H,2,5H2,1H3,(H,11,12). The van der Waals surface area contributed by atoms with E-state index in [2.05, 4.69) is 5.10 Å². The first kappa shape index (κ1) is 11.7. The quantitative estimate of drug-likeness (QED) is 0.698. The van der Waals surface area contributed by atoms with Crippen molar-refractivity contribution in [1.29, 1.82) is 0 Å². The number of aromatic nitrogens is 2. The van der Waals surface area contributed by atoms with Gasteiger partial charge in [0.1, 0.15) is 6.54 Å². The van der Waals surface area contributed by atoms with E-state index in [1.165, 1.54) is 16.9 Å². The molecule has 1 aromatic rings. The van der Waals surface area contributed by atoms with Gasteiger partial charge in [-0.1, -0.05) is 0 Å². The second-order valence-corrected chi connectivity index (χ2v) is 4.42. The number of nitrogens with one attached hydrogen (secondary N) is 1. The highest BCUT2D eigenvalue weighted by molar-refractivity contribution is 7.89. The van der Waals surface area contributed by atoms with E-state index in [4.69, 9.17) is 5.11 Å². The molecule has 0 unspecified atom stereocenters. The summed E-state index contributed by atoms with van der Waals surface area (Å²) >= 11 is 0. The zero-order chi connectivity index (χ0) is 11.5. The van der Waals surface area contributed by atoms with Gasteiger partial charge in [0.15, 0.2) is 5.03 Å². The summed E-state index contributed by atoms with van der Waals surface area (Å²) in [5, 5.41) is 12.1. The summed E-state index contributed by atoms with van der Waals surface area (Å²) in [6.45, 7) is 1.50. The molecule has 15 heavy (non-hydrogen) atoms. The minimum Gasteiger partial charge on any atom is -0.480 e. The molecular weight excluding hydrogens is 222 g/mol. The fraction of sp³-hybridized carbons (Fsp3) is 0.429. The van der Waals surface area contributed by atoms with Crippen LogP contribution in [-0.4, -0.2) is 35.8 Å². The number of rotatable bonds is 5. The number of nitrogens with zero attached hydrogens (tertiary/aromatic N) is 2. The molecule has 0 bridgehead atoms. The number of aryl methyl sites for hydroxylation is 1. The van der Waals surface area contributed by atoms with Gasteiger partial charge in [0.05, 0.1) is 6.20 Å². The summed E-state index contributed by atoms with van der Waals surface area (Å²) < 4.78 is 26.3. The van der Waals surface area contributed by atoms with Gasteiger partial charge in [-0.15, -0.1) is 0 Å². The minimum absolute atomic E-state index is 0.0359. The monoisotopic (exact) mass is 233 g/mol. The maximum absolute atomic E-state index is 11.5. The third kappa shape index (κ3) is 2.77. The molecule has 0 spiro atoms. The molecule has 84 valence electrons. The van der Waals surface area contributed by atoms with E-state index in [-0.39, 0.29) is 5.03 Å². The molecular formula is C7H11N3O4S.